The lowest BCUT2D eigenvalue weighted by molar-refractivity contribution is -0.0888. The standard InChI is InChI=1S/C19H26N2O/c1-2-18(22)11-13-7-8-16-19(9-10-21(12-18)17(13)19)14-5-3-4-6-15(14)20-16/h3-6,13,16-17,20,22H,2,7-12H2,1H3/t13-,16?,17+,18-,19+/m0/s1. The molecule has 0 amide bonds. The van der Waals surface area contributed by atoms with Gasteiger partial charge in [-0.1, -0.05) is 25.1 Å². The van der Waals surface area contributed by atoms with Crippen LogP contribution in [0, 0.1) is 5.92 Å². The normalized spacial score (nSPS) is 45.8. The molecular weight excluding hydrogens is 272 g/mol. The van der Waals surface area contributed by atoms with Crippen molar-refractivity contribution in [3.63, 3.8) is 0 Å². The Morgan fingerprint density at radius 1 is 1.32 bits per heavy atom. The predicted molar refractivity (Wildman–Crippen MR) is 88.1 cm³/mol. The van der Waals surface area contributed by atoms with Gasteiger partial charge in [0.25, 0.3) is 0 Å². The van der Waals surface area contributed by atoms with Crippen LogP contribution in [0.2, 0.25) is 0 Å². The number of hydrogen-bond acceptors (Lipinski definition) is 3. The number of aliphatic hydroxyl groups is 1. The van der Waals surface area contributed by atoms with Crippen LogP contribution in [0.1, 0.15) is 44.6 Å². The van der Waals surface area contributed by atoms with Crippen molar-refractivity contribution < 1.29 is 5.11 Å². The van der Waals surface area contributed by atoms with Crippen molar-refractivity contribution in [1.29, 1.82) is 0 Å². The molecule has 3 aliphatic heterocycles. The second-order valence-electron chi connectivity index (χ2n) is 8.07. The topological polar surface area (TPSA) is 35.5 Å². The maximum absolute atomic E-state index is 10.9. The van der Waals surface area contributed by atoms with Crippen molar-refractivity contribution in [3.8, 4) is 0 Å². The summed E-state index contributed by atoms with van der Waals surface area (Å²) < 4.78 is 0. The minimum atomic E-state index is -0.453. The fraction of sp³-hybridized carbons (Fsp3) is 0.684. The summed E-state index contributed by atoms with van der Waals surface area (Å²) in [4.78, 5) is 2.63. The number of piperidine rings is 1. The summed E-state index contributed by atoms with van der Waals surface area (Å²) >= 11 is 0. The van der Waals surface area contributed by atoms with Gasteiger partial charge in [0.2, 0.25) is 0 Å². The number of fused-ring (bicyclic) bond motifs is 1. The lowest BCUT2D eigenvalue weighted by atomic mass is 9.58. The predicted octanol–water partition coefficient (Wildman–Crippen LogP) is 2.75. The fourth-order valence-corrected chi connectivity index (χ4v) is 6.30. The van der Waals surface area contributed by atoms with Gasteiger partial charge in [-0.05, 0) is 56.2 Å². The van der Waals surface area contributed by atoms with Crippen molar-refractivity contribution >= 4 is 5.69 Å². The maximum atomic E-state index is 10.9. The molecule has 1 aromatic rings. The van der Waals surface area contributed by atoms with Crippen molar-refractivity contribution in [2.24, 2.45) is 5.92 Å². The van der Waals surface area contributed by atoms with Gasteiger partial charge < -0.3 is 10.4 Å². The van der Waals surface area contributed by atoms with Crippen molar-refractivity contribution in [2.75, 3.05) is 18.4 Å². The van der Waals surface area contributed by atoms with Crippen LogP contribution in [0.4, 0.5) is 5.69 Å². The highest BCUT2D eigenvalue weighted by molar-refractivity contribution is 5.64. The highest BCUT2D eigenvalue weighted by Crippen LogP contribution is 2.59. The van der Waals surface area contributed by atoms with Crippen LogP contribution >= 0.6 is 0 Å². The Labute approximate surface area is 132 Å². The van der Waals surface area contributed by atoms with Crippen molar-refractivity contribution in [3.05, 3.63) is 29.8 Å². The average molecular weight is 298 g/mol. The SMILES string of the molecule is CC[C@]1(O)C[C@@H]2CCC3Nc4ccccc4[C@]34CCN(C1)[C@H]24. The second kappa shape index (κ2) is 4.27. The molecule has 3 heteroatoms. The average Bonchev–Trinajstić information content (AvgIpc) is 3.07. The molecule has 2 saturated heterocycles. The van der Waals surface area contributed by atoms with Gasteiger partial charge >= 0.3 is 0 Å². The minimum absolute atomic E-state index is 0.300. The molecule has 1 aromatic carbocycles. The van der Waals surface area contributed by atoms with Gasteiger partial charge in [0.15, 0.2) is 0 Å². The number of anilines is 1. The minimum Gasteiger partial charge on any atom is -0.389 e. The number of nitrogens with zero attached hydrogens (tertiary/aromatic N) is 1. The zero-order chi connectivity index (χ0) is 14.9. The summed E-state index contributed by atoms with van der Waals surface area (Å²) in [7, 11) is 0. The third-order valence-electron chi connectivity index (χ3n) is 7.18. The second-order valence-corrected chi connectivity index (χ2v) is 8.07. The Balaban J connectivity index is 1.62. The summed E-state index contributed by atoms with van der Waals surface area (Å²) in [5, 5.41) is 14.7. The Kier molecular flexibility index (Phi) is 2.60. The number of rotatable bonds is 1. The summed E-state index contributed by atoms with van der Waals surface area (Å²) in [6, 6.07) is 10.2. The zero-order valence-electron chi connectivity index (χ0n) is 13.4. The molecule has 3 nitrogen and oxygen atoms in total. The molecule has 1 spiro atoms. The van der Waals surface area contributed by atoms with Gasteiger partial charge in [0.1, 0.15) is 0 Å². The molecule has 1 aliphatic carbocycles. The first-order chi connectivity index (χ1) is 10.7. The number of para-hydroxylation sites is 1. The van der Waals surface area contributed by atoms with E-state index in [1.54, 1.807) is 5.56 Å². The van der Waals surface area contributed by atoms with E-state index in [9.17, 15) is 5.11 Å². The quantitative estimate of drug-likeness (QED) is 0.837. The van der Waals surface area contributed by atoms with Crippen LogP contribution in [0.5, 0.6) is 0 Å². The molecular formula is C19H26N2O. The molecule has 3 fully saturated rings. The molecule has 5 atom stereocenters. The number of hydrogen-bond donors (Lipinski definition) is 2. The first-order valence-electron chi connectivity index (χ1n) is 8.99. The molecule has 0 bridgehead atoms. The lowest BCUT2D eigenvalue weighted by Gasteiger charge is -2.54. The highest BCUT2D eigenvalue weighted by atomic mass is 16.3. The molecule has 0 radical (unpaired) electrons. The number of benzene rings is 1. The Morgan fingerprint density at radius 2 is 2.18 bits per heavy atom. The highest BCUT2D eigenvalue weighted by Gasteiger charge is 2.63. The molecule has 0 aromatic heterocycles. The first kappa shape index (κ1) is 13.4. The van der Waals surface area contributed by atoms with E-state index in [1.807, 2.05) is 0 Å². The Hall–Kier alpha value is -1.06. The molecule has 3 heterocycles. The van der Waals surface area contributed by atoms with Gasteiger partial charge in [-0.25, -0.2) is 0 Å². The third-order valence-corrected chi connectivity index (χ3v) is 7.18. The first-order valence-corrected chi connectivity index (χ1v) is 8.99. The van der Waals surface area contributed by atoms with Crippen LogP contribution in [0.25, 0.3) is 0 Å². The van der Waals surface area contributed by atoms with Gasteiger partial charge in [-0.15, -0.1) is 0 Å². The zero-order valence-corrected chi connectivity index (χ0v) is 13.4. The van der Waals surface area contributed by atoms with Crippen LogP contribution in [0.3, 0.4) is 0 Å². The van der Waals surface area contributed by atoms with Crippen LogP contribution in [-0.4, -0.2) is 40.8 Å². The van der Waals surface area contributed by atoms with Crippen LogP contribution in [-0.2, 0) is 5.41 Å². The van der Waals surface area contributed by atoms with Gasteiger partial charge in [0, 0.05) is 29.7 Å². The van der Waals surface area contributed by atoms with E-state index in [1.165, 1.54) is 24.9 Å². The van der Waals surface area contributed by atoms with Gasteiger partial charge in [-0.3, -0.25) is 4.90 Å². The van der Waals surface area contributed by atoms with Crippen LogP contribution in [0.15, 0.2) is 24.3 Å². The van der Waals surface area contributed by atoms with Gasteiger partial charge in [-0.2, -0.15) is 0 Å². The summed E-state index contributed by atoms with van der Waals surface area (Å²) in [5.41, 5.74) is 2.77. The molecule has 22 heavy (non-hydrogen) atoms. The monoisotopic (exact) mass is 298 g/mol. The summed E-state index contributed by atoms with van der Waals surface area (Å²) in [6.07, 6.45) is 5.66. The number of nitrogens with one attached hydrogen (secondary N) is 1. The van der Waals surface area contributed by atoms with E-state index in [0.717, 1.165) is 25.9 Å². The lowest BCUT2D eigenvalue weighted by Crippen LogP contribution is -2.63. The largest absolute Gasteiger partial charge is 0.389 e. The van der Waals surface area contributed by atoms with Crippen molar-refractivity contribution in [1.82, 2.24) is 4.90 Å². The molecule has 118 valence electrons. The molecule has 1 saturated carbocycles. The van der Waals surface area contributed by atoms with E-state index >= 15 is 0 Å². The smallest absolute Gasteiger partial charge is 0.0774 e. The summed E-state index contributed by atoms with van der Waals surface area (Å²) in [5.74, 6) is 0.658. The van der Waals surface area contributed by atoms with Gasteiger partial charge in [0.05, 0.1) is 5.60 Å². The Bertz CT molecular complexity index is 617. The van der Waals surface area contributed by atoms with Crippen molar-refractivity contribution in [2.45, 2.75) is 62.1 Å². The van der Waals surface area contributed by atoms with E-state index in [2.05, 4.69) is 41.4 Å². The molecule has 1 unspecified atom stereocenters. The van der Waals surface area contributed by atoms with E-state index < -0.39 is 5.60 Å². The van der Waals surface area contributed by atoms with E-state index in [-0.39, 0.29) is 0 Å². The van der Waals surface area contributed by atoms with E-state index in [4.69, 9.17) is 0 Å². The third kappa shape index (κ3) is 1.49. The molecule has 5 rings (SSSR count). The fourth-order valence-electron chi connectivity index (χ4n) is 6.30. The maximum Gasteiger partial charge on any atom is 0.0774 e. The van der Waals surface area contributed by atoms with E-state index in [0.29, 0.717) is 23.4 Å². The van der Waals surface area contributed by atoms with Crippen LogP contribution < -0.4 is 5.32 Å². The summed E-state index contributed by atoms with van der Waals surface area (Å²) in [6.45, 7) is 4.17. The molecule has 4 aliphatic rings. The molecule has 2 N–H and O–H groups in total. The Morgan fingerprint density at radius 3 is 3.05 bits per heavy atom.